The first-order valence-electron chi connectivity index (χ1n) is 8.55. The summed E-state index contributed by atoms with van der Waals surface area (Å²) in [6.45, 7) is 0. The summed E-state index contributed by atoms with van der Waals surface area (Å²) in [6.07, 6.45) is 2.82. The smallest absolute Gasteiger partial charge is 0.189 e. The average molecular weight is 320 g/mol. The summed E-state index contributed by atoms with van der Waals surface area (Å²) < 4.78 is 0. The highest BCUT2D eigenvalue weighted by atomic mass is 16.1. The summed E-state index contributed by atoms with van der Waals surface area (Å²) in [4.78, 5) is 12.8. The van der Waals surface area contributed by atoms with Crippen LogP contribution in [-0.2, 0) is 6.42 Å². The number of allylic oxidation sites excluding steroid dienone is 1. The van der Waals surface area contributed by atoms with Gasteiger partial charge in [0.2, 0.25) is 0 Å². The molecule has 0 N–H and O–H groups in total. The monoisotopic (exact) mass is 320 g/mol. The summed E-state index contributed by atoms with van der Waals surface area (Å²) in [6, 6.07) is 26.9. The maximum Gasteiger partial charge on any atom is 0.189 e. The molecule has 0 saturated heterocycles. The fraction of sp³-hybridized carbons (Fsp3) is 0.0417. The summed E-state index contributed by atoms with van der Waals surface area (Å²) in [5.41, 5.74) is 3.99. The molecule has 0 amide bonds. The van der Waals surface area contributed by atoms with Crippen LogP contribution in [0.3, 0.4) is 0 Å². The van der Waals surface area contributed by atoms with Crippen LogP contribution in [-0.4, -0.2) is 5.78 Å². The van der Waals surface area contributed by atoms with Gasteiger partial charge in [0.25, 0.3) is 0 Å². The topological polar surface area (TPSA) is 17.1 Å². The molecule has 1 aliphatic rings. The number of rotatable bonds is 1. The molecule has 0 unspecified atom stereocenters. The Morgan fingerprint density at radius 2 is 1.32 bits per heavy atom. The first kappa shape index (κ1) is 14.2. The molecule has 0 aromatic heterocycles. The van der Waals surface area contributed by atoms with Crippen molar-refractivity contribution >= 4 is 33.4 Å². The molecule has 1 aliphatic carbocycles. The molecule has 5 rings (SSSR count). The van der Waals surface area contributed by atoms with Crippen molar-refractivity contribution in [3.05, 3.63) is 101 Å². The van der Waals surface area contributed by atoms with E-state index < -0.39 is 0 Å². The van der Waals surface area contributed by atoms with Crippen LogP contribution in [0.25, 0.3) is 27.6 Å². The Morgan fingerprint density at radius 3 is 2.00 bits per heavy atom. The van der Waals surface area contributed by atoms with Crippen LogP contribution in [0.2, 0.25) is 0 Å². The third kappa shape index (κ3) is 2.20. The van der Waals surface area contributed by atoms with Crippen LogP contribution >= 0.6 is 0 Å². The average Bonchev–Trinajstić information content (AvgIpc) is 2.97. The summed E-state index contributed by atoms with van der Waals surface area (Å²) in [5.74, 6) is 0.160. The molecule has 4 aromatic carbocycles. The third-order valence-electron chi connectivity index (χ3n) is 5.07. The molecule has 4 aromatic rings. The third-order valence-corrected chi connectivity index (χ3v) is 5.07. The predicted molar refractivity (Wildman–Crippen MR) is 104 cm³/mol. The molecule has 118 valence electrons. The first-order valence-corrected chi connectivity index (χ1v) is 8.55. The molecule has 0 bridgehead atoms. The van der Waals surface area contributed by atoms with E-state index in [1.807, 2.05) is 18.2 Å². The van der Waals surface area contributed by atoms with Crippen LogP contribution in [0.4, 0.5) is 0 Å². The largest absolute Gasteiger partial charge is 0.289 e. The number of benzene rings is 4. The van der Waals surface area contributed by atoms with Gasteiger partial charge in [-0.25, -0.2) is 0 Å². The van der Waals surface area contributed by atoms with Crippen molar-refractivity contribution < 1.29 is 4.79 Å². The molecule has 25 heavy (non-hydrogen) atoms. The van der Waals surface area contributed by atoms with E-state index in [0.717, 1.165) is 22.3 Å². The highest BCUT2D eigenvalue weighted by Gasteiger charge is 2.24. The number of carbonyl (C=O) groups is 1. The van der Waals surface area contributed by atoms with Crippen LogP contribution in [0.1, 0.15) is 21.5 Å². The maximum absolute atomic E-state index is 12.8. The molecule has 0 saturated carbocycles. The van der Waals surface area contributed by atoms with Crippen molar-refractivity contribution in [3.8, 4) is 0 Å². The SMILES string of the molecule is O=C1/C(=C/c2c3ccccc3cc3ccccc23)Cc2ccccc21. The van der Waals surface area contributed by atoms with E-state index >= 15 is 0 Å². The van der Waals surface area contributed by atoms with Gasteiger partial charge < -0.3 is 0 Å². The minimum atomic E-state index is 0.160. The maximum atomic E-state index is 12.8. The zero-order valence-corrected chi connectivity index (χ0v) is 13.7. The van der Waals surface area contributed by atoms with Gasteiger partial charge in [-0.05, 0) is 44.8 Å². The zero-order chi connectivity index (χ0) is 16.8. The quantitative estimate of drug-likeness (QED) is 0.319. The Bertz CT molecular complexity index is 1130. The molecule has 0 fully saturated rings. The van der Waals surface area contributed by atoms with E-state index in [4.69, 9.17) is 0 Å². The lowest BCUT2D eigenvalue weighted by atomic mass is 9.94. The second-order valence-electron chi connectivity index (χ2n) is 6.57. The van der Waals surface area contributed by atoms with E-state index in [1.165, 1.54) is 21.5 Å². The number of hydrogen-bond donors (Lipinski definition) is 0. The van der Waals surface area contributed by atoms with Crippen molar-refractivity contribution in [1.29, 1.82) is 0 Å². The molecular weight excluding hydrogens is 304 g/mol. The zero-order valence-electron chi connectivity index (χ0n) is 13.7. The second-order valence-corrected chi connectivity index (χ2v) is 6.57. The Labute approximate surface area is 146 Å². The van der Waals surface area contributed by atoms with Crippen molar-refractivity contribution in [1.82, 2.24) is 0 Å². The molecule has 0 spiro atoms. The van der Waals surface area contributed by atoms with E-state index in [1.54, 1.807) is 0 Å². The van der Waals surface area contributed by atoms with Gasteiger partial charge >= 0.3 is 0 Å². The van der Waals surface area contributed by atoms with Crippen LogP contribution in [0.5, 0.6) is 0 Å². The Hall–Kier alpha value is -3.19. The predicted octanol–water partition coefficient (Wildman–Crippen LogP) is 5.82. The Balaban J connectivity index is 1.79. The molecule has 1 heteroatoms. The molecule has 0 aliphatic heterocycles. The van der Waals surface area contributed by atoms with Crippen molar-refractivity contribution in [2.75, 3.05) is 0 Å². The number of ketones is 1. The van der Waals surface area contributed by atoms with Crippen molar-refractivity contribution in [2.45, 2.75) is 6.42 Å². The van der Waals surface area contributed by atoms with Crippen molar-refractivity contribution in [3.63, 3.8) is 0 Å². The lowest BCUT2D eigenvalue weighted by Crippen LogP contribution is -1.95. The number of Topliss-reactive ketones (excluding diaryl/α,β-unsaturated/α-hetero) is 1. The van der Waals surface area contributed by atoms with Gasteiger partial charge in [0.1, 0.15) is 0 Å². The summed E-state index contributed by atoms with van der Waals surface area (Å²) in [7, 11) is 0. The lowest BCUT2D eigenvalue weighted by molar-refractivity contribution is 0.104. The Morgan fingerprint density at radius 1 is 0.720 bits per heavy atom. The van der Waals surface area contributed by atoms with Gasteiger partial charge in [-0.15, -0.1) is 0 Å². The number of fused-ring (bicyclic) bond motifs is 3. The fourth-order valence-electron chi connectivity index (χ4n) is 3.85. The van der Waals surface area contributed by atoms with Crippen LogP contribution in [0, 0.1) is 0 Å². The highest BCUT2D eigenvalue weighted by Crippen LogP contribution is 2.33. The number of hydrogen-bond acceptors (Lipinski definition) is 1. The van der Waals surface area contributed by atoms with Gasteiger partial charge in [0.05, 0.1) is 0 Å². The lowest BCUT2D eigenvalue weighted by Gasteiger charge is -2.09. The molecule has 0 heterocycles. The van der Waals surface area contributed by atoms with Gasteiger partial charge in [-0.1, -0.05) is 72.8 Å². The Kier molecular flexibility index (Phi) is 3.07. The van der Waals surface area contributed by atoms with Crippen molar-refractivity contribution in [2.24, 2.45) is 0 Å². The normalized spacial score (nSPS) is 15.2. The first-order chi connectivity index (χ1) is 12.3. The highest BCUT2D eigenvalue weighted by molar-refractivity contribution is 6.18. The molecule has 1 nitrogen and oxygen atoms in total. The van der Waals surface area contributed by atoms with Gasteiger partial charge in [-0.3, -0.25) is 4.79 Å². The van der Waals surface area contributed by atoms with Gasteiger partial charge in [0, 0.05) is 17.6 Å². The minimum absolute atomic E-state index is 0.160. The van der Waals surface area contributed by atoms with E-state index in [0.29, 0.717) is 6.42 Å². The van der Waals surface area contributed by atoms with E-state index in [9.17, 15) is 4.79 Å². The van der Waals surface area contributed by atoms with E-state index in [2.05, 4.69) is 66.7 Å². The molecule has 0 radical (unpaired) electrons. The second kappa shape index (κ2) is 5.42. The van der Waals surface area contributed by atoms with Crippen LogP contribution < -0.4 is 0 Å². The van der Waals surface area contributed by atoms with Gasteiger partial charge in [0.15, 0.2) is 5.78 Å². The summed E-state index contributed by atoms with van der Waals surface area (Å²) >= 11 is 0. The minimum Gasteiger partial charge on any atom is -0.289 e. The fourth-order valence-corrected chi connectivity index (χ4v) is 3.85. The van der Waals surface area contributed by atoms with Gasteiger partial charge in [-0.2, -0.15) is 0 Å². The van der Waals surface area contributed by atoms with Crippen LogP contribution in [0.15, 0.2) is 84.4 Å². The number of carbonyl (C=O) groups excluding carboxylic acids is 1. The molecular formula is C24H16O. The van der Waals surface area contributed by atoms with E-state index in [-0.39, 0.29) is 5.78 Å². The standard InChI is InChI=1S/C24H16O/c25-24-19(14-18-9-3-6-12-22(18)24)15-23-20-10-4-1-7-16(20)13-17-8-2-5-11-21(17)23/h1-13,15H,14H2/b19-15+. The molecule has 0 atom stereocenters. The summed E-state index contributed by atoms with van der Waals surface area (Å²) in [5, 5.41) is 4.79.